The number of para-hydroxylation sites is 1. The minimum atomic E-state index is -0.225. The SMILES string of the molecule is CCOc1ccc(C(=O)Nc2ccc(Cl)cc2C)cc1COc1ccccc1Cl. The fourth-order valence-corrected chi connectivity index (χ4v) is 3.23. The fourth-order valence-electron chi connectivity index (χ4n) is 2.81. The predicted octanol–water partition coefficient (Wildman–Crippen LogP) is 6.53. The number of nitrogens with one attached hydrogen (secondary N) is 1. The zero-order chi connectivity index (χ0) is 20.8. The number of carbonyl (C=O) groups is 1. The smallest absolute Gasteiger partial charge is 0.255 e. The summed E-state index contributed by atoms with van der Waals surface area (Å²) < 4.78 is 11.5. The Morgan fingerprint density at radius 3 is 2.48 bits per heavy atom. The average molecular weight is 430 g/mol. The Balaban J connectivity index is 1.81. The van der Waals surface area contributed by atoms with E-state index >= 15 is 0 Å². The van der Waals surface area contributed by atoms with E-state index in [0.717, 1.165) is 11.1 Å². The molecule has 0 aliphatic carbocycles. The van der Waals surface area contributed by atoms with Gasteiger partial charge in [-0.05, 0) is 67.9 Å². The van der Waals surface area contributed by atoms with E-state index in [9.17, 15) is 4.79 Å². The van der Waals surface area contributed by atoms with Gasteiger partial charge in [-0.3, -0.25) is 4.79 Å². The Kier molecular flexibility index (Phi) is 7.02. The first-order valence-corrected chi connectivity index (χ1v) is 9.94. The largest absolute Gasteiger partial charge is 0.493 e. The van der Waals surface area contributed by atoms with Crippen molar-refractivity contribution >= 4 is 34.8 Å². The first-order chi connectivity index (χ1) is 14.0. The minimum absolute atomic E-state index is 0.222. The second kappa shape index (κ2) is 9.68. The summed E-state index contributed by atoms with van der Waals surface area (Å²) in [7, 11) is 0. The first-order valence-electron chi connectivity index (χ1n) is 9.18. The van der Waals surface area contributed by atoms with Crippen LogP contribution in [-0.2, 0) is 6.61 Å². The summed E-state index contributed by atoms with van der Waals surface area (Å²) in [6.07, 6.45) is 0. The van der Waals surface area contributed by atoms with Crippen LogP contribution in [0, 0.1) is 6.92 Å². The molecule has 3 aromatic rings. The topological polar surface area (TPSA) is 47.6 Å². The molecule has 0 saturated carbocycles. The Bertz CT molecular complexity index is 1020. The monoisotopic (exact) mass is 429 g/mol. The molecule has 0 heterocycles. The summed E-state index contributed by atoms with van der Waals surface area (Å²) in [6.45, 7) is 4.53. The predicted molar refractivity (Wildman–Crippen MR) is 118 cm³/mol. The van der Waals surface area contributed by atoms with Crippen molar-refractivity contribution in [3.8, 4) is 11.5 Å². The van der Waals surface area contributed by atoms with Crippen molar-refractivity contribution in [3.63, 3.8) is 0 Å². The number of aryl methyl sites for hydroxylation is 1. The number of hydrogen-bond donors (Lipinski definition) is 1. The van der Waals surface area contributed by atoms with Crippen molar-refractivity contribution in [3.05, 3.63) is 87.4 Å². The molecular weight excluding hydrogens is 409 g/mol. The molecule has 0 atom stereocenters. The number of halogens is 2. The van der Waals surface area contributed by atoms with Crippen molar-refractivity contribution in [2.45, 2.75) is 20.5 Å². The van der Waals surface area contributed by atoms with Gasteiger partial charge < -0.3 is 14.8 Å². The highest BCUT2D eigenvalue weighted by molar-refractivity contribution is 6.32. The normalized spacial score (nSPS) is 10.5. The van der Waals surface area contributed by atoms with Gasteiger partial charge in [0.1, 0.15) is 18.1 Å². The molecule has 0 spiro atoms. The van der Waals surface area contributed by atoms with Crippen LogP contribution in [0.25, 0.3) is 0 Å². The van der Waals surface area contributed by atoms with Gasteiger partial charge in [-0.1, -0.05) is 35.3 Å². The molecule has 1 amide bonds. The van der Waals surface area contributed by atoms with Gasteiger partial charge >= 0.3 is 0 Å². The standard InChI is InChI=1S/C23H21Cl2NO3/c1-3-28-21-11-8-16(23(27)26-20-10-9-18(24)12-15(20)2)13-17(21)14-29-22-7-5-4-6-19(22)25/h4-13H,3,14H2,1-2H3,(H,26,27). The van der Waals surface area contributed by atoms with Crippen molar-refractivity contribution in [2.24, 2.45) is 0 Å². The van der Waals surface area contributed by atoms with E-state index in [4.69, 9.17) is 32.7 Å². The lowest BCUT2D eigenvalue weighted by Crippen LogP contribution is -2.14. The Morgan fingerprint density at radius 1 is 0.966 bits per heavy atom. The van der Waals surface area contributed by atoms with Crippen LogP contribution in [-0.4, -0.2) is 12.5 Å². The number of anilines is 1. The molecule has 0 fully saturated rings. The zero-order valence-electron chi connectivity index (χ0n) is 16.2. The maximum absolute atomic E-state index is 12.8. The summed E-state index contributed by atoms with van der Waals surface area (Å²) in [4.78, 5) is 12.8. The highest BCUT2D eigenvalue weighted by Gasteiger charge is 2.13. The maximum atomic E-state index is 12.8. The third-order valence-electron chi connectivity index (χ3n) is 4.28. The molecule has 0 aromatic heterocycles. The first kappa shape index (κ1) is 21.0. The lowest BCUT2D eigenvalue weighted by atomic mass is 10.1. The van der Waals surface area contributed by atoms with Gasteiger partial charge in [0.2, 0.25) is 0 Å². The molecule has 1 N–H and O–H groups in total. The lowest BCUT2D eigenvalue weighted by molar-refractivity contribution is 0.102. The summed E-state index contributed by atoms with van der Waals surface area (Å²) in [6, 6.07) is 17.8. The number of rotatable bonds is 7. The second-order valence-corrected chi connectivity index (χ2v) is 7.23. The van der Waals surface area contributed by atoms with E-state index in [0.29, 0.717) is 39.4 Å². The summed E-state index contributed by atoms with van der Waals surface area (Å²) in [5.41, 5.74) is 2.86. The number of carbonyl (C=O) groups excluding carboxylic acids is 1. The molecule has 0 saturated heterocycles. The lowest BCUT2D eigenvalue weighted by Gasteiger charge is -2.14. The molecule has 0 bridgehead atoms. The molecule has 29 heavy (non-hydrogen) atoms. The fraction of sp³-hybridized carbons (Fsp3) is 0.174. The summed E-state index contributed by atoms with van der Waals surface area (Å²) >= 11 is 12.1. The molecule has 0 aliphatic rings. The number of hydrogen-bond acceptors (Lipinski definition) is 3. The van der Waals surface area contributed by atoms with Crippen LogP contribution in [0.4, 0.5) is 5.69 Å². The van der Waals surface area contributed by atoms with Gasteiger partial charge in [0, 0.05) is 21.8 Å². The van der Waals surface area contributed by atoms with Crippen molar-refractivity contribution in [1.82, 2.24) is 0 Å². The van der Waals surface area contributed by atoms with Crippen molar-refractivity contribution in [2.75, 3.05) is 11.9 Å². The molecule has 0 unspecified atom stereocenters. The van der Waals surface area contributed by atoms with Gasteiger partial charge in [-0.2, -0.15) is 0 Å². The van der Waals surface area contributed by atoms with Crippen LogP contribution in [0.3, 0.4) is 0 Å². The maximum Gasteiger partial charge on any atom is 0.255 e. The quantitative estimate of drug-likeness (QED) is 0.464. The van der Waals surface area contributed by atoms with Gasteiger partial charge in [0.15, 0.2) is 0 Å². The molecule has 6 heteroatoms. The number of benzene rings is 3. The third-order valence-corrected chi connectivity index (χ3v) is 4.83. The average Bonchev–Trinajstić information content (AvgIpc) is 2.70. The van der Waals surface area contributed by atoms with Crippen LogP contribution < -0.4 is 14.8 Å². The van der Waals surface area contributed by atoms with Crippen LogP contribution in [0.1, 0.15) is 28.4 Å². The van der Waals surface area contributed by atoms with E-state index in [1.807, 2.05) is 26.0 Å². The van der Waals surface area contributed by atoms with E-state index < -0.39 is 0 Å². The van der Waals surface area contributed by atoms with E-state index in [1.54, 1.807) is 48.5 Å². The molecule has 0 aliphatic heterocycles. The van der Waals surface area contributed by atoms with Crippen LogP contribution in [0.15, 0.2) is 60.7 Å². The highest BCUT2D eigenvalue weighted by Crippen LogP contribution is 2.27. The highest BCUT2D eigenvalue weighted by atomic mass is 35.5. The van der Waals surface area contributed by atoms with Crippen LogP contribution >= 0.6 is 23.2 Å². The van der Waals surface area contributed by atoms with Gasteiger partial charge in [0.25, 0.3) is 5.91 Å². The van der Waals surface area contributed by atoms with Crippen LogP contribution in [0.2, 0.25) is 10.0 Å². The zero-order valence-corrected chi connectivity index (χ0v) is 17.7. The molecule has 4 nitrogen and oxygen atoms in total. The molecule has 3 rings (SSSR count). The Morgan fingerprint density at radius 2 is 1.76 bits per heavy atom. The molecule has 0 radical (unpaired) electrons. The Labute approximate surface area is 180 Å². The number of amides is 1. The van der Waals surface area contributed by atoms with E-state index in [2.05, 4.69) is 5.32 Å². The summed E-state index contributed by atoms with van der Waals surface area (Å²) in [5, 5.41) is 4.07. The molecular formula is C23H21Cl2NO3. The Hall–Kier alpha value is -2.69. The van der Waals surface area contributed by atoms with Gasteiger partial charge in [0.05, 0.1) is 11.6 Å². The third kappa shape index (κ3) is 5.43. The van der Waals surface area contributed by atoms with Crippen LogP contribution in [0.5, 0.6) is 11.5 Å². The second-order valence-electron chi connectivity index (χ2n) is 6.39. The van der Waals surface area contributed by atoms with Crippen molar-refractivity contribution < 1.29 is 14.3 Å². The van der Waals surface area contributed by atoms with E-state index in [1.165, 1.54) is 0 Å². The van der Waals surface area contributed by atoms with Gasteiger partial charge in [-0.25, -0.2) is 0 Å². The number of ether oxygens (including phenoxy) is 2. The molecule has 150 valence electrons. The summed E-state index contributed by atoms with van der Waals surface area (Å²) in [5.74, 6) is 1.01. The minimum Gasteiger partial charge on any atom is -0.493 e. The molecule has 3 aromatic carbocycles. The van der Waals surface area contributed by atoms with Crippen molar-refractivity contribution in [1.29, 1.82) is 0 Å². The van der Waals surface area contributed by atoms with E-state index in [-0.39, 0.29) is 12.5 Å². The van der Waals surface area contributed by atoms with Gasteiger partial charge in [-0.15, -0.1) is 0 Å².